The number of H-pyrrole nitrogens is 1. The predicted molar refractivity (Wildman–Crippen MR) is 163 cm³/mol. The molecule has 4 rings (SSSR count). The van der Waals surface area contributed by atoms with Crippen LogP contribution in [0.3, 0.4) is 0 Å². The first-order valence-electron chi connectivity index (χ1n) is 13.1. The maximum absolute atomic E-state index is 13.0. The molecule has 208 valence electrons. The van der Waals surface area contributed by atoms with Gasteiger partial charge in [-0.25, -0.2) is 4.79 Å². The summed E-state index contributed by atoms with van der Waals surface area (Å²) in [5, 5.41) is 12.2. The van der Waals surface area contributed by atoms with Crippen molar-refractivity contribution in [1.82, 2.24) is 14.9 Å². The van der Waals surface area contributed by atoms with Crippen molar-refractivity contribution in [3.63, 3.8) is 0 Å². The van der Waals surface area contributed by atoms with Gasteiger partial charge in [0.25, 0.3) is 11.5 Å². The number of carbonyl (C=O) groups excluding carboxylic acids is 1. The Balaban J connectivity index is 0.00000216. The highest BCUT2D eigenvalue weighted by atomic mass is 32.1. The first-order valence-corrected chi connectivity index (χ1v) is 13.9. The van der Waals surface area contributed by atoms with Crippen LogP contribution in [0, 0.1) is 20.8 Å². The summed E-state index contributed by atoms with van der Waals surface area (Å²) >= 11 is 1.48. The molecule has 0 atom stereocenters. The Morgan fingerprint density at radius 3 is 2.52 bits per heavy atom. The number of thiophene rings is 1. The number of aromatic nitrogens is 2. The number of rotatable bonds is 9. The molecule has 0 aliphatic rings. The van der Waals surface area contributed by atoms with Gasteiger partial charge in [-0.1, -0.05) is 44.7 Å². The van der Waals surface area contributed by atoms with Crippen molar-refractivity contribution in [3.05, 3.63) is 122 Å². The van der Waals surface area contributed by atoms with Crippen LogP contribution in [0.2, 0.25) is 0 Å². The minimum absolute atomic E-state index is 0.0902. The molecular weight excluding hydrogens is 522 g/mol. The summed E-state index contributed by atoms with van der Waals surface area (Å²) in [6, 6.07) is 13.1. The second-order valence-electron chi connectivity index (χ2n) is 9.07. The number of carbonyl (C=O) groups is 2. The minimum atomic E-state index is -1.05. The molecule has 1 amide bonds. The van der Waals surface area contributed by atoms with Crippen molar-refractivity contribution in [2.75, 3.05) is 0 Å². The van der Waals surface area contributed by atoms with E-state index >= 15 is 0 Å². The Hall–Kier alpha value is -4.43. The van der Waals surface area contributed by atoms with Gasteiger partial charge in [0.05, 0.1) is 18.7 Å². The van der Waals surface area contributed by atoms with Gasteiger partial charge >= 0.3 is 5.97 Å². The van der Waals surface area contributed by atoms with E-state index in [0.717, 1.165) is 37.7 Å². The molecule has 0 radical (unpaired) electrons. The largest absolute Gasteiger partial charge is 0.478 e. The molecular formula is C32H35N3O4S. The molecule has 8 heteroatoms. The van der Waals surface area contributed by atoms with E-state index in [0.29, 0.717) is 6.54 Å². The fourth-order valence-electron chi connectivity index (χ4n) is 4.10. The molecule has 3 N–H and O–H groups in total. The first-order chi connectivity index (χ1) is 19.2. The van der Waals surface area contributed by atoms with Crippen LogP contribution in [0.5, 0.6) is 0 Å². The lowest BCUT2D eigenvalue weighted by molar-refractivity contribution is -0.132. The highest BCUT2D eigenvalue weighted by Gasteiger charge is 2.15. The van der Waals surface area contributed by atoms with Gasteiger partial charge in [0, 0.05) is 39.0 Å². The van der Waals surface area contributed by atoms with E-state index in [-0.39, 0.29) is 23.2 Å². The molecule has 0 aliphatic carbocycles. The lowest BCUT2D eigenvalue weighted by atomic mass is 10.1. The number of nitrogens with zero attached hydrogens (tertiary/aromatic N) is 1. The molecule has 40 heavy (non-hydrogen) atoms. The van der Waals surface area contributed by atoms with E-state index in [9.17, 15) is 19.5 Å². The number of aromatic amines is 1. The number of hydrogen-bond acceptors (Lipinski definition) is 4. The number of pyridine rings is 1. The van der Waals surface area contributed by atoms with Gasteiger partial charge in [0.15, 0.2) is 0 Å². The number of nitrogens with one attached hydrogen (secondary N) is 2. The molecule has 0 spiro atoms. The van der Waals surface area contributed by atoms with E-state index in [1.54, 1.807) is 22.9 Å². The van der Waals surface area contributed by atoms with Gasteiger partial charge in [-0.05, 0) is 67.8 Å². The summed E-state index contributed by atoms with van der Waals surface area (Å²) in [6.45, 7) is 14.2. The minimum Gasteiger partial charge on any atom is -0.478 e. The van der Waals surface area contributed by atoms with E-state index < -0.39 is 11.9 Å². The van der Waals surface area contributed by atoms with E-state index in [1.165, 1.54) is 29.0 Å². The van der Waals surface area contributed by atoms with Crippen LogP contribution < -0.4 is 10.9 Å². The van der Waals surface area contributed by atoms with Crippen LogP contribution in [0.4, 0.5) is 0 Å². The Morgan fingerprint density at radius 1 is 1.10 bits per heavy atom. The molecule has 0 saturated heterocycles. The zero-order valence-corrected chi connectivity index (χ0v) is 24.3. The smallest absolute Gasteiger partial charge is 0.335 e. The van der Waals surface area contributed by atoms with Crippen molar-refractivity contribution in [2.24, 2.45) is 0 Å². The van der Waals surface area contributed by atoms with Crippen LogP contribution in [0.15, 0.2) is 77.9 Å². The van der Waals surface area contributed by atoms with Crippen LogP contribution in [-0.4, -0.2) is 26.5 Å². The molecule has 4 aromatic rings. The maximum atomic E-state index is 13.0. The van der Waals surface area contributed by atoms with E-state index in [4.69, 9.17) is 0 Å². The standard InChI is InChI=1S/C30H29N3O4S.C2H6/c1-5-22(30(36)37)14-25-20(4)31-16-26(25)27-11-10-23(38-27)15-32-28(34)24-7-6-12-33(29(24)35)17-21-9-8-18(2)19(3)13-21;1-2/h5-14,16,31H,1,15,17H2,2-4H3,(H,32,34)(H,36,37);1-2H3/b22-14+;. The second-order valence-corrected chi connectivity index (χ2v) is 10.2. The summed E-state index contributed by atoms with van der Waals surface area (Å²) in [5.41, 5.74) is 5.66. The Kier molecular flexibility index (Phi) is 10.2. The topological polar surface area (TPSA) is 104 Å². The van der Waals surface area contributed by atoms with E-state index in [2.05, 4.69) is 22.9 Å². The second kappa shape index (κ2) is 13.6. The van der Waals surface area contributed by atoms with Crippen LogP contribution in [-0.2, 0) is 17.9 Å². The SMILES string of the molecule is C=C/C(=C\c1c(-c2ccc(CNC(=O)c3cccn(Cc4ccc(C)c(C)c4)c3=O)s2)c[nH]c1C)C(=O)O.CC. The van der Waals surface area contributed by atoms with Gasteiger partial charge in [-0.3, -0.25) is 9.59 Å². The summed E-state index contributed by atoms with van der Waals surface area (Å²) in [6.07, 6.45) is 6.43. The number of hydrogen-bond donors (Lipinski definition) is 3. The average Bonchev–Trinajstić information content (AvgIpc) is 3.56. The maximum Gasteiger partial charge on any atom is 0.335 e. The first kappa shape index (κ1) is 30.1. The van der Waals surface area contributed by atoms with Gasteiger partial charge in [0.1, 0.15) is 5.56 Å². The lowest BCUT2D eigenvalue weighted by Crippen LogP contribution is -2.32. The van der Waals surface area contributed by atoms with Crippen molar-refractivity contribution >= 4 is 29.3 Å². The monoisotopic (exact) mass is 557 g/mol. The lowest BCUT2D eigenvalue weighted by Gasteiger charge is -2.10. The highest BCUT2D eigenvalue weighted by molar-refractivity contribution is 7.15. The third kappa shape index (κ3) is 6.95. The molecule has 0 fully saturated rings. The Morgan fingerprint density at radius 2 is 1.85 bits per heavy atom. The number of aliphatic carboxylic acids is 1. The number of amides is 1. The molecule has 3 heterocycles. The molecule has 0 bridgehead atoms. The van der Waals surface area contributed by atoms with E-state index in [1.807, 2.05) is 65.1 Å². The highest BCUT2D eigenvalue weighted by Crippen LogP contribution is 2.33. The van der Waals surface area contributed by atoms with Crippen molar-refractivity contribution in [3.8, 4) is 10.4 Å². The zero-order chi connectivity index (χ0) is 29.4. The Labute approximate surface area is 238 Å². The van der Waals surface area contributed by atoms with Gasteiger partial charge in [-0.15, -0.1) is 11.3 Å². The molecule has 0 unspecified atom stereocenters. The number of aryl methyl sites for hydroxylation is 3. The van der Waals surface area contributed by atoms with Crippen molar-refractivity contribution in [2.45, 2.75) is 47.7 Å². The van der Waals surface area contributed by atoms with Crippen LogP contribution >= 0.6 is 11.3 Å². The molecule has 0 saturated carbocycles. The summed E-state index contributed by atoms with van der Waals surface area (Å²) in [7, 11) is 0. The van der Waals surface area contributed by atoms with Crippen molar-refractivity contribution < 1.29 is 14.7 Å². The normalized spacial score (nSPS) is 11.0. The Bertz CT molecular complexity index is 1620. The number of benzene rings is 1. The summed E-state index contributed by atoms with van der Waals surface area (Å²) in [4.78, 5) is 42.3. The molecule has 3 aromatic heterocycles. The number of carboxylic acids is 1. The van der Waals surface area contributed by atoms with Crippen LogP contribution in [0.25, 0.3) is 16.5 Å². The summed E-state index contributed by atoms with van der Waals surface area (Å²) < 4.78 is 1.54. The van der Waals surface area contributed by atoms with Crippen LogP contribution in [0.1, 0.15) is 57.0 Å². The molecule has 1 aromatic carbocycles. The van der Waals surface area contributed by atoms with Gasteiger partial charge < -0.3 is 20.0 Å². The predicted octanol–water partition coefficient (Wildman–Crippen LogP) is 6.49. The average molecular weight is 558 g/mol. The molecule has 7 nitrogen and oxygen atoms in total. The van der Waals surface area contributed by atoms with Gasteiger partial charge in [0.2, 0.25) is 0 Å². The zero-order valence-electron chi connectivity index (χ0n) is 23.5. The molecule has 0 aliphatic heterocycles. The third-order valence-electron chi connectivity index (χ3n) is 6.43. The number of carboxylic acid groups (broad SMARTS) is 1. The summed E-state index contributed by atoms with van der Waals surface area (Å²) in [5.74, 6) is -1.48. The fraction of sp³-hybridized carbons (Fsp3) is 0.219. The van der Waals surface area contributed by atoms with Crippen molar-refractivity contribution in [1.29, 1.82) is 0 Å². The third-order valence-corrected chi connectivity index (χ3v) is 7.55. The quantitative estimate of drug-likeness (QED) is 0.162. The van der Waals surface area contributed by atoms with Gasteiger partial charge in [-0.2, -0.15) is 0 Å². The fourth-order valence-corrected chi connectivity index (χ4v) is 5.08.